The lowest BCUT2D eigenvalue weighted by atomic mass is 10.1. The molecule has 0 atom stereocenters. The Labute approximate surface area is 214 Å². The predicted molar refractivity (Wildman–Crippen MR) is 136 cm³/mol. The lowest BCUT2D eigenvalue weighted by molar-refractivity contribution is 0.0240. The van der Waals surface area contributed by atoms with Crippen LogP contribution in [0.25, 0.3) is 16.9 Å². The molecule has 12 heteroatoms. The van der Waals surface area contributed by atoms with Gasteiger partial charge in [-0.1, -0.05) is 0 Å². The second kappa shape index (κ2) is 9.85. The maximum Gasteiger partial charge on any atom is 0.410 e. The highest BCUT2D eigenvalue weighted by Gasteiger charge is 2.28. The summed E-state index contributed by atoms with van der Waals surface area (Å²) in [6, 6.07) is 5.54. The SMILES string of the molecule is CC(C)(C)OC(=O)N1CCN(c2ccc(-c3c(C(=O)O)nc4c(N5CCOCC5)ccnn34)cn2)CC1. The van der Waals surface area contributed by atoms with Crippen LogP contribution in [0.3, 0.4) is 0 Å². The number of morpholine rings is 1. The van der Waals surface area contributed by atoms with Crippen molar-refractivity contribution in [1.29, 1.82) is 0 Å². The largest absolute Gasteiger partial charge is 0.476 e. The van der Waals surface area contributed by atoms with Gasteiger partial charge in [0, 0.05) is 51.0 Å². The number of rotatable bonds is 4. The van der Waals surface area contributed by atoms with Crippen LogP contribution in [0.4, 0.5) is 16.3 Å². The molecule has 3 aromatic heterocycles. The molecular weight excluding hydrogens is 478 g/mol. The fourth-order valence-electron chi connectivity index (χ4n) is 4.55. The number of piperazine rings is 1. The molecule has 0 spiro atoms. The summed E-state index contributed by atoms with van der Waals surface area (Å²) in [5, 5.41) is 14.3. The van der Waals surface area contributed by atoms with Gasteiger partial charge in [0.1, 0.15) is 17.1 Å². The summed E-state index contributed by atoms with van der Waals surface area (Å²) in [4.78, 5) is 39.5. The van der Waals surface area contributed by atoms with E-state index < -0.39 is 11.6 Å². The first kappa shape index (κ1) is 24.8. The second-order valence-electron chi connectivity index (χ2n) is 10.0. The van der Waals surface area contributed by atoms with Gasteiger partial charge in [0.15, 0.2) is 11.3 Å². The Hall–Kier alpha value is -3.93. The first-order valence-electron chi connectivity index (χ1n) is 12.3. The minimum absolute atomic E-state index is 0.0752. The summed E-state index contributed by atoms with van der Waals surface area (Å²) in [6.45, 7) is 10.4. The van der Waals surface area contributed by atoms with Gasteiger partial charge < -0.3 is 29.3 Å². The highest BCUT2D eigenvalue weighted by atomic mass is 16.6. The Kier molecular flexibility index (Phi) is 6.59. The molecule has 0 unspecified atom stereocenters. The Balaban J connectivity index is 1.38. The summed E-state index contributed by atoms with van der Waals surface area (Å²) >= 11 is 0. The lowest BCUT2D eigenvalue weighted by Gasteiger charge is -2.36. The molecule has 3 aromatic rings. The summed E-state index contributed by atoms with van der Waals surface area (Å²) < 4.78 is 12.5. The summed E-state index contributed by atoms with van der Waals surface area (Å²) in [7, 11) is 0. The Morgan fingerprint density at radius 1 is 1.00 bits per heavy atom. The number of ether oxygens (including phenoxy) is 2. The van der Waals surface area contributed by atoms with E-state index in [4.69, 9.17) is 9.47 Å². The molecule has 196 valence electrons. The number of aromatic carboxylic acids is 1. The number of nitrogens with zero attached hydrogens (tertiary/aromatic N) is 7. The van der Waals surface area contributed by atoms with E-state index in [1.807, 2.05) is 39.0 Å². The number of anilines is 2. The Morgan fingerprint density at radius 2 is 1.73 bits per heavy atom. The number of carbonyl (C=O) groups excluding carboxylic acids is 1. The summed E-state index contributed by atoms with van der Waals surface area (Å²) in [5.41, 5.74) is 1.68. The number of fused-ring (bicyclic) bond motifs is 1. The van der Waals surface area contributed by atoms with Crippen molar-refractivity contribution in [3.8, 4) is 11.3 Å². The zero-order valence-electron chi connectivity index (χ0n) is 21.3. The van der Waals surface area contributed by atoms with Crippen LogP contribution in [0.1, 0.15) is 31.3 Å². The van der Waals surface area contributed by atoms with E-state index in [0.717, 1.165) is 11.5 Å². The summed E-state index contributed by atoms with van der Waals surface area (Å²) in [5.74, 6) is -0.379. The third-order valence-corrected chi connectivity index (χ3v) is 6.33. The van der Waals surface area contributed by atoms with Gasteiger partial charge in [0.2, 0.25) is 0 Å². The zero-order valence-corrected chi connectivity index (χ0v) is 21.3. The highest BCUT2D eigenvalue weighted by Crippen LogP contribution is 2.30. The minimum atomic E-state index is -1.13. The van der Waals surface area contributed by atoms with E-state index in [0.29, 0.717) is 69.4 Å². The fraction of sp³-hybridized carbons (Fsp3) is 0.480. The smallest absolute Gasteiger partial charge is 0.410 e. The van der Waals surface area contributed by atoms with E-state index in [2.05, 4.69) is 24.9 Å². The molecule has 37 heavy (non-hydrogen) atoms. The van der Waals surface area contributed by atoms with Crippen LogP contribution in [0.15, 0.2) is 30.6 Å². The molecule has 0 bridgehead atoms. The predicted octanol–water partition coefficient (Wildman–Crippen LogP) is 2.38. The van der Waals surface area contributed by atoms with Crippen LogP contribution in [0, 0.1) is 0 Å². The molecule has 0 aromatic carbocycles. The minimum Gasteiger partial charge on any atom is -0.476 e. The van der Waals surface area contributed by atoms with Crippen molar-refractivity contribution in [3.63, 3.8) is 0 Å². The second-order valence-corrected chi connectivity index (χ2v) is 10.0. The molecule has 0 aliphatic carbocycles. The molecule has 12 nitrogen and oxygen atoms in total. The van der Waals surface area contributed by atoms with Crippen molar-refractivity contribution in [1.82, 2.24) is 24.5 Å². The quantitative estimate of drug-likeness (QED) is 0.560. The van der Waals surface area contributed by atoms with E-state index in [-0.39, 0.29) is 11.8 Å². The average Bonchev–Trinajstić information content (AvgIpc) is 3.29. The van der Waals surface area contributed by atoms with Crippen molar-refractivity contribution in [3.05, 3.63) is 36.3 Å². The first-order valence-corrected chi connectivity index (χ1v) is 12.3. The molecule has 5 heterocycles. The van der Waals surface area contributed by atoms with Crippen molar-refractivity contribution in [2.75, 3.05) is 62.3 Å². The number of amides is 1. The summed E-state index contributed by atoms with van der Waals surface area (Å²) in [6.07, 6.45) is 2.99. The molecule has 2 saturated heterocycles. The van der Waals surface area contributed by atoms with Gasteiger partial charge in [-0.2, -0.15) is 5.10 Å². The maximum atomic E-state index is 12.4. The highest BCUT2D eigenvalue weighted by molar-refractivity contribution is 5.95. The molecule has 2 aliphatic heterocycles. The number of carboxylic acids is 1. The Bertz CT molecular complexity index is 1290. The van der Waals surface area contributed by atoms with Crippen LogP contribution in [-0.2, 0) is 9.47 Å². The van der Waals surface area contributed by atoms with Gasteiger partial charge in [-0.15, -0.1) is 0 Å². The van der Waals surface area contributed by atoms with Crippen LogP contribution in [0.5, 0.6) is 0 Å². The third kappa shape index (κ3) is 5.15. The average molecular weight is 510 g/mol. The van der Waals surface area contributed by atoms with E-state index >= 15 is 0 Å². The lowest BCUT2D eigenvalue weighted by Crippen LogP contribution is -2.50. The maximum absolute atomic E-state index is 12.4. The molecule has 0 saturated carbocycles. The van der Waals surface area contributed by atoms with Crippen molar-refractivity contribution >= 4 is 29.2 Å². The molecule has 2 fully saturated rings. The molecular formula is C25H31N7O5. The number of pyridine rings is 1. The van der Waals surface area contributed by atoms with Crippen molar-refractivity contribution in [2.45, 2.75) is 26.4 Å². The number of hydrogen-bond acceptors (Lipinski definition) is 9. The molecule has 1 amide bonds. The monoisotopic (exact) mass is 509 g/mol. The first-order chi connectivity index (χ1) is 17.7. The van der Waals surface area contributed by atoms with E-state index in [1.54, 1.807) is 21.8 Å². The molecule has 5 rings (SSSR count). The van der Waals surface area contributed by atoms with E-state index in [9.17, 15) is 14.7 Å². The van der Waals surface area contributed by atoms with Crippen LogP contribution < -0.4 is 9.80 Å². The van der Waals surface area contributed by atoms with Crippen LogP contribution >= 0.6 is 0 Å². The zero-order chi connectivity index (χ0) is 26.2. The number of carbonyl (C=O) groups is 2. The standard InChI is InChI=1S/C25H31N7O5/c1-25(2,3)37-24(35)31-10-8-30(9-11-31)19-5-4-17(16-26-19)21-20(23(33)34)28-22-18(6-7-27-32(21)22)29-12-14-36-15-13-29/h4-7,16H,8-15H2,1-3H3,(H,33,34). The fourth-order valence-corrected chi connectivity index (χ4v) is 4.55. The number of aromatic nitrogens is 4. The van der Waals surface area contributed by atoms with E-state index in [1.165, 1.54) is 0 Å². The third-order valence-electron chi connectivity index (χ3n) is 6.33. The number of imidazole rings is 1. The van der Waals surface area contributed by atoms with Crippen molar-refractivity contribution < 1.29 is 24.2 Å². The molecule has 0 radical (unpaired) electrons. The van der Waals surface area contributed by atoms with Gasteiger partial charge >= 0.3 is 12.1 Å². The molecule has 2 aliphatic rings. The van der Waals surface area contributed by atoms with Crippen LogP contribution in [-0.4, -0.2) is 99.7 Å². The van der Waals surface area contributed by atoms with Crippen molar-refractivity contribution in [2.24, 2.45) is 0 Å². The van der Waals surface area contributed by atoms with Gasteiger partial charge in [0.05, 0.1) is 25.1 Å². The Morgan fingerprint density at radius 3 is 2.35 bits per heavy atom. The van der Waals surface area contributed by atoms with Crippen LogP contribution in [0.2, 0.25) is 0 Å². The topological polar surface area (TPSA) is 126 Å². The van der Waals surface area contributed by atoms with Gasteiger partial charge in [-0.3, -0.25) is 0 Å². The van der Waals surface area contributed by atoms with Gasteiger partial charge in [-0.25, -0.2) is 24.1 Å². The normalized spacial score (nSPS) is 16.8. The molecule has 1 N–H and O–H groups in total. The number of hydrogen-bond donors (Lipinski definition) is 1. The number of carboxylic acid groups (broad SMARTS) is 1. The van der Waals surface area contributed by atoms with Gasteiger partial charge in [-0.05, 0) is 39.0 Å². The van der Waals surface area contributed by atoms with Gasteiger partial charge in [0.25, 0.3) is 0 Å².